The molecule has 2 fully saturated rings. The highest BCUT2D eigenvalue weighted by Gasteiger charge is 2.52. The first-order valence-corrected chi connectivity index (χ1v) is 9.98. The predicted molar refractivity (Wildman–Crippen MR) is 99.4 cm³/mol. The molecule has 1 atom stereocenters. The smallest absolute Gasteiger partial charge is 0.307 e. The van der Waals surface area contributed by atoms with Gasteiger partial charge in [-0.05, 0) is 25.7 Å². The van der Waals surface area contributed by atoms with Crippen LogP contribution in [0.1, 0.15) is 43.4 Å². The fourth-order valence-corrected chi connectivity index (χ4v) is 4.88. The molecule has 1 amide bonds. The van der Waals surface area contributed by atoms with E-state index in [1.54, 1.807) is 17.5 Å². The zero-order valence-corrected chi connectivity index (χ0v) is 15.4. The fourth-order valence-electron chi connectivity index (χ4n) is 4.03. The molecule has 136 valence electrons. The number of hydrogen-bond acceptors (Lipinski definition) is 5. The third-order valence-electron chi connectivity index (χ3n) is 5.35. The molecule has 1 saturated heterocycles. The molecule has 6 heteroatoms. The van der Waals surface area contributed by atoms with Crippen LogP contribution >= 0.6 is 11.3 Å². The van der Waals surface area contributed by atoms with Crippen LogP contribution in [0.25, 0.3) is 10.6 Å². The SMILES string of the molecule is O=C1CC(C(=O)NCc2cnc(-c3ccccc3)s2)C2(CCCCC2)O1. The van der Waals surface area contributed by atoms with Gasteiger partial charge in [0.25, 0.3) is 0 Å². The van der Waals surface area contributed by atoms with E-state index in [-0.39, 0.29) is 24.2 Å². The normalized spacial score (nSPS) is 21.5. The van der Waals surface area contributed by atoms with E-state index in [0.717, 1.165) is 47.6 Å². The lowest BCUT2D eigenvalue weighted by molar-refractivity contribution is -0.153. The maximum absolute atomic E-state index is 12.8. The third-order valence-corrected chi connectivity index (χ3v) is 6.40. The van der Waals surface area contributed by atoms with E-state index in [9.17, 15) is 9.59 Å². The van der Waals surface area contributed by atoms with E-state index >= 15 is 0 Å². The van der Waals surface area contributed by atoms with Crippen molar-refractivity contribution in [1.82, 2.24) is 10.3 Å². The molecule has 1 aromatic carbocycles. The van der Waals surface area contributed by atoms with Crippen LogP contribution < -0.4 is 5.32 Å². The minimum atomic E-state index is -0.567. The van der Waals surface area contributed by atoms with Crippen molar-refractivity contribution in [2.24, 2.45) is 5.92 Å². The number of hydrogen-bond donors (Lipinski definition) is 1. The molecule has 1 saturated carbocycles. The molecule has 1 unspecified atom stereocenters. The highest BCUT2D eigenvalue weighted by Crippen LogP contribution is 2.44. The maximum Gasteiger partial charge on any atom is 0.307 e. The number of nitrogens with one attached hydrogen (secondary N) is 1. The summed E-state index contributed by atoms with van der Waals surface area (Å²) in [6.45, 7) is 0.435. The van der Waals surface area contributed by atoms with E-state index in [1.165, 1.54) is 0 Å². The van der Waals surface area contributed by atoms with Crippen molar-refractivity contribution in [3.63, 3.8) is 0 Å². The van der Waals surface area contributed by atoms with Crippen molar-refractivity contribution in [3.8, 4) is 10.6 Å². The quantitative estimate of drug-likeness (QED) is 0.834. The largest absolute Gasteiger partial charge is 0.458 e. The number of thiazole rings is 1. The summed E-state index contributed by atoms with van der Waals surface area (Å²) in [5.41, 5.74) is 0.508. The Morgan fingerprint density at radius 3 is 2.77 bits per heavy atom. The van der Waals surface area contributed by atoms with E-state index < -0.39 is 5.60 Å². The Morgan fingerprint density at radius 1 is 1.23 bits per heavy atom. The Bertz CT molecular complexity index is 796. The average Bonchev–Trinajstić information content (AvgIpc) is 3.26. The lowest BCUT2D eigenvalue weighted by Crippen LogP contribution is -2.45. The number of esters is 1. The zero-order valence-electron chi connectivity index (χ0n) is 14.6. The molecular weight excluding hydrogens is 348 g/mol. The summed E-state index contributed by atoms with van der Waals surface area (Å²) < 4.78 is 5.63. The number of benzene rings is 1. The number of nitrogens with zero attached hydrogens (tertiary/aromatic N) is 1. The average molecular weight is 370 g/mol. The van der Waals surface area contributed by atoms with Gasteiger partial charge in [-0.15, -0.1) is 11.3 Å². The van der Waals surface area contributed by atoms with Crippen LogP contribution in [0.4, 0.5) is 0 Å². The number of rotatable bonds is 4. The molecule has 26 heavy (non-hydrogen) atoms. The molecule has 1 aromatic heterocycles. The van der Waals surface area contributed by atoms with Crippen molar-refractivity contribution in [2.45, 2.75) is 50.7 Å². The number of carbonyl (C=O) groups excluding carboxylic acids is 2. The van der Waals surface area contributed by atoms with E-state index in [1.807, 2.05) is 30.3 Å². The number of amides is 1. The van der Waals surface area contributed by atoms with Gasteiger partial charge in [-0.25, -0.2) is 4.98 Å². The van der Waals surface area contributed by atoms with Gasteiger partial charge in [-0.1, -0.05) is 36.8 Å². The topological polar surface area (TPSA) is 68.3 Å². The van der Waals surface area contributed by atoms with Crippen molar-refractivity contribution in [2.75, 3.05) is 0 Å². The predicted octanol–water partition coefficient (Wildman–Crippen LogP) is 3.69. The first kappa shape index (κ1) is 17.2. The van der Waals surface area contributed by atoms with Gasteiger partial charge < -0.3 is 10.1 Å². The van der Waals surface area contributed by atoms with Crippen LogP contribution in [0.3, 0.4) is 0 Å². The van der Waals surface area contributed by atoms with Crippen molar-refractivity contribution in [3.05, 3.63) is 41.4 Å². The Morgan fingerprint density at radius 2 is 2.00 bits per heavy atom. The molecule has 2 heterocycles. The summed E-state index contributed by atoms with van der Waals surface area (Å²) in [5, 5.41) is 3.94. The Labute approximate surface area is 156 Å². The van der Waals surface area contributed by atoms with Crippen molar-refractivity contribution >= 4 is 23.2 Å². The minimum Gasteiger partial charge on any atom is -0.458 e. The molecule has 1 spiro atoms. The standard InChI is InChI=1S/C20H22N2O3S/c23-17-11-16(20(25-17)9-5-2-6-10-20)18(24)21-12-15-13-22-19(26-15)14-7-3-1-4-8-14/h1,3-4,7-8,13,16H,2,5-6,9-12H2,(H,21,24). The van der Waals surface area contributed by atoms with Crippen molar-refractivity contribution < 1.29 is 14.3 Å². The molecule has 4 rings (SSSR count). The van der Waals surface area contributed by atoms with Gasteiger partial charge in [-0.2, -0.15) is 0 Å². The van der Waals surface area contributed by atoms with Crippen LogP contribution in [0.2, 0.25) is 0 Å². The summed E-state index contributed by atoms with van der Waals surface area (Å²) in [6.07, 6.45) is 6.80. The minimum absolute atomic E-state index is 0.0765. The monoisotopic (exact) mass is 370 g/mol. The molecule has 1 aliphatic carbocycles. The van der Waals surface area contributed by atoms with Gasteiger partial charge in [0, 0.05) is 16.6 Å². The second-order valence-electron chi connectivity index (χ2n) is 7.07. The highest BCUT2D eigenvalue weighted by molar-refractivity contribution is 7.15. The van der Waals surface area contributed by atoms with E-state index in [0.29, 0.717) is 6.54 Å². The van der Waals surface area contributed by atoms with Gasteiger partial charge in [-0.3, -0.25) is 9.59 Å². The van der Waals surface area contributed by atoms with Crippen molar-refractivity contribution in [1.29, 1.82) is 0 Å². The molecule has 2 aromatic rings. The number of ether oxygens (including phenoxy) is 1. The maximum atomic E-state index is 12.8. The molecule has 1 aliphatic heterocycles. The van der Waals surface area contributed by atoms with Gasteiger partial charge in [0.05, 0.1) is 18.9 Å². The Hall–Kier alpha value is -2.21. The highest BCUT2D eigenvalue weighted by atomic mass is 32.1. The summed E-state index contributed by atoms with van der Waals surface area (Å²) >= 11 is 1.57. The molecule has 0 bridgehead atoms. The molecule has 0 radical (unpaired) electrons. The Kier molecular flexibility index (Phi) is 4.76. The number of carbonyl (C=O) groups is 2. The summed E-state index contributed by atoms with van der Waals surface area (Å²) in [4.78, 5) is 30.1. The van der Waals surface area contributed by atoms with Crippen LogP contribution in [0.5, 0.6) is 0 Å². The van der Waals surface area contributed by atoms with Crippen LogP contribution in [-0.4, -0.2) is 22.5 Å². The lowest BCUT2D eigenvalue weighted by Gasteiger charge is -2.35. The van der Waals surface area contributed by atoms with Crippen LogP contribution in [0, 0.1) is 5.92 Å². The summed E-state index contributed by atoms with van der Waals surface area (Å²) in [6, 6.07) is 9.99. The summed E-state index contributed by atoms with van der Waals surface area (Å²) in [5.74, 6) is -0.680. The third kappa shape index (κ3) is 3.38. The van der Waals surface area contributed by atoms with Gasteiger partial charge in [0.1, 0.15) is 10.6 Å². The van der Waals surface area contributed by atoms with Gasteiger partial charge in [0.2, 0.25) is 5.91 Å². The Balaban J connectivity index is 1.41. The van der Waals surface area contributed by atoms with E-state index in [4.69, 9.17) is 4.74 Å². The van der Waals surface area contributed by atoms with E-state index in [2.05, 4.69) is 10.3 Å². The van der Waals surface area contributed by atoms with Gasteiger partial charge in [0.15, 0.2) is 0 Å². The van der Waals surface area contributed by atoms with Gasteiger partial charge >= 0.3 is 5.97 Å². The molecule has 2 aliphatic rings. The molecule has 1 N–H and O–H groups in total. The van der Waals surface area contributed by atoms with Crippen LogP contribution in [0.15, 0.2) is 36.5 Å². The summed E-state index contributed by atoms with van der Waals surface area (Å²) in [7, 11) is 0. The van der Waals surface area contributed by atoms with Crippen LogP contribution in [-0.2, 0) is 20.9 Å². The zero-order chi connectivity index (χ0) is 18.0. The second-order valence-corrected chi connectivity index (χ2v) is 8.19. The fraction of sp³-hybridized carbons (Fsp3) is 0.450. The molecule has 5 nitrogen and oxygen atoms in total. The first-order valence-electron chi connectivity index (χ1n) is 9.16. The number of aromatic nitrogens is 1. The molecular formula is C20H22N2O3S. The lowest BCUT2D eigenvalue weighted by atomic mass is 9.75. The first-order chi connectivity index (χ1) is 12.7. The second kappa shape index (κ2) is 7.19.